The van der Waals surface area contributed by atoms with Crippen LogP contribution in [0.15, 0.2) is 76.5 Å². The van der Waals surface area contributed by atoms with Crippen molar-refractivity contribution in [1.29, 1.82) is 0 Å². The van der Waals surface area contributed by atoms with Crippen molar-refractivity contribution in [3.05, 3.63) is 83.4 Å². The van der Waals surface area contributed by atoms with Crippen molar-refractivity contribution in [2.75, 3.05) is 38.1 Å². The average Bonchev–Trinajstić information content (AvgIpc) is 3.06. The number of aliphatic hydroxyl groups excluding tert-OH is 1. The number of rotatable bonds is 9. The van der Waals surface area contributed by atoms with Gasteiger partial charge in [-0.2, -0.15) is 4.31 Å². The molecule has 268 valence electrons. The van der Waals surface area contributed by atoms with Crippen LogP contribution in [-0.2, 0) is 24.8 Å². The molecule has 4 rings (SSSR count). The van der Waals surface area contributed by atoms with Crippen LogP contribution in [0.4, 0.5) is 5.69 Å². The van der Waals surface area contributed by atoms with Crippen molar-refractivity contribution in [2.24, 2.45) is 5.92 Å². The van der Waals surface area contributed by atoms with Gasteiger partial charge in [0.1, 0.15) is 5.75 Å². The Morgan fingerprint density at radius 2 is 1.55 bits per heavy atom. The van der Waals surface area contributed by atoms with Crippen molar-refractivity contribution < 1.29 is 36.2 Å². The van der Waals surface area contributed by atoms with E-state index in [1.807, 2.05) is 27.7 Å². The van der Waals surface area contributed by atoms with Crippen LogP contribution in [0.25, 0.3) is 0 Å². The minimum atomic E-state index is -3.96. The molecule has 1 amide bonds. The van der Waals surface area contributed by atoms with E-state index in [9.17, 15) is 26.7 Å². The molecule has 1 aliphatic heterocycles. The number of anilines is 1. The van der Waals surface area contributed by atoms with E-state index in [1.165, 1.54) is 34.5 Å². The molecule has 1 aliphatic rings. The van der Waals surface area contributed by atoms with E-state index in [2.05, 4.69) is 4.72 Å². The van der Waals surface area contributed by atoms with Gasteiger partial charge in [-0.1, -0.05) is 42.3 Å². The number of carbonyl (C=O) groups excluding carboxylic acids is 1. The smallest absolute Gasteiger partial charge is 0.261 e. The molecule has 0 fully saturated rings. The van der Waals surface area contributed by atoms with Crippen molar-refractivity contribution in [3.8, 4) is 5.75 Å². The first kappa shape index (κ1) is 38.3. The number of aliphatic hydroxyl groups is 1. The van der Waals surface area contributed by atoms with Crippen molar-refractivity contribution in [3.63, 3.8) is 0 Å². The largest absolute Gasteiger partial charge is 0.490 e. The Labute approximate surface area is 291 Å². The van der Waals surface area contributed by atoms with Gasteiger partial charge in [0.25, 0.3) is 15.9 Å². The van der Waals surface area contributed by atoms with Crippen molar-refractivity contribution >= 4 is 31.6 Å². The highest BCUT2D eigenvalue weighted by atomic mass is 32.2. The van der Waals surface area contributed by atoms with E-state index in [-0.39, 0.29) is 52.8 Å². The molecule has 0 aliphatic carbocycles. The molecule has 0 saturated carbocycles. The number of hydrogen-bond donors (Lipinski definition) is 2. The van der Waals surface area contributed by atoms with E-state index in [0.29, 0.717) is 25.2 Å². The molecule has 0 unspecified atom stereocenters. The Morgan fingerprint density at radius 1 is 0.939 bits per heavy atom. The van der Waals surface area contributed by atoms with Gasteiger partial charge in [0.05, 0.1) is 40.2 Å². The summed E-state index contributed by atoms with van der Waals surface area (Å²) in [5.74, 6) is -0.529. The first-order valence-corrected chi connectivity index (χ1v) is 19.5. The Kier molecular flexibility index (Phi) is 12.9. The van der Waals surface area contributed by atoms with Crippen LogP contribution in [0, 0.1) is 19.8 Å². The number of amides is 1. The second-order valence-corrected chi connectivity index (χ2v) is 16.8. The number of ether oxygens (including phenoxy) is 2. The average molecular weight is 716 g/mol. The van der Waals surface area contributed by atoms with E-state index in [4.69, 9.17) is 9.47 Å². The number of carbonyl (C=O) groups is 1. The van der Waals surface area contributed by atoms with Gasteiger partial charge in [-0.25, -0.2) is 16.8 Å². The fraction of sp³-hybridized carbons (Fsp3) is 0.472. The molecule has 0 aromatic heterocycles. The second kappa shape index (κ2) is 16.5. The number of benzene rings is 3. The van der Waals surface area contributed by atoms with Crippen molar-refractivity contribution in [1.82, 2.24) is 9.21 Å². The highest BCUT2D eigenvalue weighted by Crippen LogP contribution is 2.30. The van der Waals surface area contributed by atoms with E-state index >= 15 is 0 Å². The normalized spacial score (nSPS) is 20.6. The summed E-state index contributed by atoms with van der Waals surface area (Å²) in [6.07, 6.45) is 1.31. The highest BCUT2D eigenvalue weighted by molar-refractivity contribution is 7.92. The van der Waals surface area contributed by atoms with Gasteiger partial charge in [-0.05, 0) is 89.4 Å². The summed E-state index contributed by atoms with van der Waals surface area (Å²) in [6, 6.07) is 17.1. The molecular weight excluding hydrogens is 667 g/mol. The van der Waals surface area contributed by atoms with Gasteiger partial charge in [-0.3, -0.25) is 9.52 Å². The zero-order chi connectivity index (χ0) is 35.9. The lowest BCUT2D eigenvalue weighted by atomic mass is 10.0. The summed E-state index contributed by atoms with van der Waals surface area (Å²) in [4.78, 5) is 16.2. The van der Waals surface area contributed by atoms with Gasteiger partial charge in [0.2, 0.25) is 10.0 Å². The second-order valence-electron chi connectivity index (χ2n) is 13.0. The zero-order valence-corrected chi connectivity index (χ0v) is 30.8. The summed E-state index contributed by atoms with van der Waals surface area (Å²) in [6.45, 7) is 9.49. The summed E-state index contributed by atoms with van der Waals surface area (Å²) in [5.41, 5.74) is 2.18. The molecule has 0 spiro atoms. The maximum absolute atomic E-state index is 14.4. The molecule has 11 nitrogen and oxygen atoms in total. The van der Waals surface area contributed by atoms with Crippen LogP contribution in [0.3, 0.4) is 0 Å². The number of sulfonamides is 2. The summed E-state index contributed by atoms with van der Waals surface area (Å²) in [7, 11) is -6.25. The lowest BCUT2D eigenvalue weighted by Gasteiger charge is -2.35. The van der Waals surface area contributed by atoms with Gasteiger partial charge in [0.15, 0.2) is 0 Å². The van der Waals surface area contributed by atoms with Gasteiger partial charge >= 0.3 is 0 Å². The Morgan fingerprint density at radius 3 is 2.16 bits per heavy atom. The van der Waals surface area contributed by atoms with Crippen LogP contribution in [0.5, 0.6) is 5.75 Å². The van der Waals surface area contributed by atoms with Crippen LogP contribution < -0.4 is 9.46 Å². The first-order valence-electron chi connectivity index (χ1n) is 16.6. The molecule has 0 radical (unpaired) electrons. The predicted molar refractivity (Wildman–Crippen MR) is 190 cm³/mol. The molecule has 13 heteroatoms. The Hall–Kier alpha value is -3.49. The molecular formula is C36H49N3O8S2. The van der Waals surface area contributed by atoms with E-state index < -0.39 is 38.1 Å². The first-order chi connectivity index (χ1) is 23.1. The SMILES string of the molecule is Cc1ccc(S(=O)(=O)Nc2ccc3c(c2)C(=O)N([C@@H](C)CO)C[C@H](C)[C@@H](CN(C)S(=O)(=O)c2ccc(C)cc2)OCCCC[C@H](C)O3)cc1. The van der Waals surface area contributed by atoms with E-state index in [0.717, 1.165) is 17.5 Å². The number of fused-ring (bicyclic) bond motifs is 1. The third-order valence-corrected chi connectivity index (χ3v) is 12.0. The molecule has 3 aromatic carbocycles. The van der Waals surface area contributed by atoms with Gasteiger partial charge in [-0.15, -0.1) is 0 Å². The summed E-state index contributed by atoms with van der Waals surface area (Å²) >= 11 is 0. The fourth-order valence-corrected chi connectivity index (χ4v) is 7.85. The lowest BCUT2D eigenvalue weighted by Crippen LogP contribution is -2.48. The topological polar surface area (TPSA) is 143 Å². The van der Waals surface area contributed by atoms with Crippen LogP contribution >= 0.6 is 0 Å². The summed E-state index contributed by atoms with van der Waals surface area (Å²) < 4.78 is 69.8. The molecule has 3 aromatic rings. The minimum absolute atomic E-state index is 0.0496. The van der Waals surface area contributed by atoms with Gasteiger partial charge < -0.3 is 19.5 Å². The highest BCUT2D eigenvalue weighted by Gasteiger charge is 2.32. The predicted octanol–water partition coefficient (Wildman–Crippen LogP) is 5.22. The number of likely N-dealkylation sites (N-methyl/N-ethyl adjacent to an activating group) is 1. The number of aryl methyl sites for hydroxylation is 2. The Bertz CT molecular complexity index is 1780. The monoisotopic (exact) mass is 715 g/mol. The summed E-state index contributed by atoms with van der Waals surface area (Å²) in [5, 5.41) is 10.2. The van der Waals surface area contributed by atoms with Gasteiger partial charge in [0, 0.05) is 38.3 Å². The fourth-order valence-electron chi connectivity index (χ4n) is 5.62. The Balaban J connectivity index is 1.67. The quantitative estimate of drug-likeness (QED) is 0.307. The minimum Gasteiger partial charge on any atom is -0.490 e. The number of nitrogens with one attached hydrogen (secondary N) is 1. The maximum Gasteiger partial charge on any atom is 0.261 e. The molecule has 4 atom stereocenters. The molecule has 1 heterocycles. The van der Waals surface area contributed by atoms with E-state index in [1.54, 1.807) is 55.5 Å². The standard InChI is InChI=1S/C36H49N3O8S2/c1-25-10-15-31(16-11-25)48(42,43)37-30-14-19-34-33(21-30)36(41)39(28(4)24-40)22-27(3)35(46-20-8-7-9-29(5)47-34)23-38(6)49(44,45)32-17-12-26(2)13-18-32/h10-19,21,27-29,35,37,40H,7-9,20,22-24H2,1-6H3/t27-,28-,29-,35+/m0/s1. The third kappa shape index (κ3) is 9.82. The maximum atomic E-state index is 14.4. The van der Waals surface area contributed by atoms with Crippen LogP contribution in [0.2, 0.25) is 0 Å². The zero-order valence-electron chi connectivity index (χ0n) is 29.1. The number of hydrogen-bond acceptors (Lipinski definition) is 8. The third-order valence-electron chi connectivity index (χ3n) is 8.80. The van der Waals surface area contributed by atoms with Crippen LogP contribution in [0.1, 0.15) is 61.5 Å². The molecule has 49 heavy (non-hydrogen) atoms. The molecule has 0 bridgehead atoms. The number of nitrogens with zero attached hydrogens (tertiary/aromatic N) is 2. The lowest BCUT2D eigenvalue weighted by molar-refractivity contribution is -0.00833. The molecule has 0 saturated heterocycles. The van der Waals surface area contributed by atoms with Crippen molar-refractivity contribution in [2.45, 2.75) is 81.9 Å². The molecule has 2 N–H and O–H groups in total. The van der Waals surface area contributed by atoms with Crippen LogP contribution in [-0.4, -0.2) is 88.7 Å².